The van der Waals surface area contributed by atoms with Crippen LogP contribution in [0.15, 0.2) is 12.2 Å². The average molecular weight is 1140 g/mol. The zero-order chi connectivity index (χ0) is 58.5. The molecule has 6 heteroatoms. The fourth-order valence-corrected chi connectivity index (χ4v) is 12.1. The second-order valence-corrected chi connectivity index (χ2v) is 26.0. The van der Waals surface area contributed by atoms with Gasteiger partial charge in [-0.15, -0.1) is 0 Å². The van der Waals surface area contributed by atoms with E-state index in [1.807, 2.05) is 0 Å². The van der Waals surface area contributed by atoms with Crippen LogP contribution < -0.4 is 5.32 Å². The van der Waals surface area contributed by atoms with Gasteiger partial charge in [-0.3, -0.25) is 9.59 Å². The molecule has 0 fully saturated rings. The van der Waals surface area contributed by atoms with Crippen LogP contribution in [0, 0.1) is 0 Å². The van der Waals surface area contributed by atoms with Crippen LogP contribution in [0.5, 0.6) is 0 Å². The van der Waals surface area contributed by atoms with E-state index >= 15 is 0 Å². The lowest BCUT2D eigenvalue weighted by atomic mass is 10.0. The first-order chi connectivity index (χ1) is 40.0. The highest BCUT2D eigenvalue weighted by Crippen LogP contribution is 2.20. The maximum atomic E-state index is 12.6. The van der Waals surface area contributed by atoms with Crippen molar-refractivity contribution in [3.8, 4) is 0 Å². The maximum absolute atomic E-state index is 12.6. The Balaban J connectivity index is 3.37. The van der Waals surface area contributed by atoms with E-state index in [-0.39, 0.29) is 18.5 Å². The summed E-state index contributed by atoms with van der Waals surface area (Å²) in [5.74, 6) is -0.0175. The van der Waals surface area contributed by atoms with Crippen molar-refractivity contribution < 1.29 is 24.5 Å². The Kier molecular flexibility index (Phi) is 69.9. The minimum absolute atomic E-state index is 0.0120. The number of aliphatic hydroxyl groups excluding tert-OH is 2. The number of allylic oxidation sites excluding steroid dienone is 2. The van der Waals surface area contributed by atoms with E-state index in [0.717, 1.165) is 44.9 Å². The fourth-order valence-electron chi connectivity index (χ4n) is 12.1. The molecule has 6 nitrogen and oxygen atoms in total. The van der Waals surface area contributed by atoms with E-state index in [2.05, 4.69) is 31.3 Å². The van der Waals surface area contributed by atoms with Gasteiger partial charge in [-0.1, -0.05) is 379 Å². The predicted octanol–water partition coefficient (Wildman–Crippen LogP) is 24.3. The summed E-state index contributed by atoms with van der Waals surface area (Å²) in [6.07, 6.45) is 88.4. The van der Waals surface area contributed by atoms with Crippen molar-refractivity contribution in [3.05, 3.63) is 12.2 Å². The number of unbranched alkanes of at least 4 members (excludes halogenated alkanes) is 58. The minimum atomic E-state index is -0.666. The molecule has 81 heavy (non-hydrogen) atoms. The first-order valence-electron chi connectivity index (χ1n) is 37.4. The molecule has 0 bridgehead atoms. The van der Waals surface area contributed by atoms with Crippen LogP contribution in [0.3, 0.4) is 0 Å². The molecular weight excluding hydrogens is 995 g/mol. The molecule has 0 aromatic heterocycles. The standard InChI is InChI=1S/C75H147NO5/c1-3-5-7-9-11-13-15-17-19-21-23-24-25-26-29-32-35-39-43-47-51-55-59-63-67-73(78)72(71-77)76-74(79)68-64-60-56-52-48-44-40-36-33-30-27-28-31-34-38-42-46-50-54-58-62-66-70-81-75(80)69-65-61-57-53-49-45-41-37-22-20-18-16-14-12-10-8-6-4-2/h20,22,72-73,77-78H,3-19,21,23-71H2,1-2H3,(H,76,79)/b22-20-. The summed E-state index contributed by atoms with van der Waals surface area (Å²) < 4.78 is 5.51. The van der Waals surface area contributed by atoms with Crippen molar-refractivity contribution in [2.75, 3.05) is 13.2 Å². The quantitative estimate of drug-likeness (QED) is 0.0320. The van der Waals surface area contributed by atoms with Gasteiger partial charge in [-0.25, -0.2) is 0 Å². The largest absolute Gasteiger partial charge is 0.466 e. The van der Waals surface area contributed by atoms with Crippen molar-refractivity contribution in [3.63, 3.8) is 0 Å². The topological polar surface area (TPSA) is 95.9 Å². The Hall–Kier alpha value is -1.40. The molecular formula is C75H147NO5. The second kappa shape index (κ2) is 71.1. The molecule has 0 rings (SSSR count). The summed E-state index contributed by atoms with van der Waals surface area (Å²) in [7, 11) is 0. The molecule has 0 aliphatic carbocycles. The fraction of sp³-hybridized carbons (Fsp3) is 0.947. The van der Waals surface area contributed by atoms with Gasteiger partial charge in [0.15, 0.2) is 0 Å². The van der Waals surface area contributed by atoms with Crippen LogP contribution in [0.1, 0.15) is 431 Å². The smallest absolute Gasteiger partial charge is 0.305 e. The SMILES string of the molecule is CCCCCCCCC/C=C\CCCCCCCCCC(=O)OCCCCCCCCCCCCCCCCCCCCCCCCC(=O)NC(CO)C(O)CCCCCCCCCCCCCCCCCCCCCCCCCC. The lowest BCUT2D eigenvalue weighted by Gasteiger charge is -2.22. The third-order valence-electron chi connectivity index (χ3n) is 17.8. The van der Waals surface area contributed by atoms with Gasteiger partial charge in [0.25, 0.3) is 0 Å². The number of ether oxygens (including phenoxy) is 1. The van der Waals surface area contributed by atoms with Gasteiger partial charge in [0.05, 0.1) is 25.4 Å². The van der Waals surface area contributed by atoms with Crippen LogP contribution in [0.2, 0.25) is 0 Å². The van der Waals surface area contributed by atoms with E-state index in [4.69, 9.17) is 4.74 Å². The van der Waals surface area contributed by atoms with Gasteiger partial charge in [-0.05, 0) is 51.4 Å². The molecule has 0 spiro atoms. The third kappa shape index (κ3) is 67.6. The van der Waals surface area contributed by atoms with Gasteiger partial charge < -0.3 is 20.3 Å². The molecule has 3 N–H and O–H groups in total. The van der Waals surface area contributed by atoms with Crippen LogP contribution in [0.4, 0.5) is 0 Å². The highest BCUT2D eigenvalue weighted by molar-refractivity contribution is 5.76. The van der Waals surface area contributed by atoms with Crippen molar-refractivity contribution in [2.24, 2.45) is 0 Å². The number of esters is 1. The van der Waals surface area contributed by atoms with Crippen molar-refractivity contribution >= 4 is 11.9 Å². The molecule has 482 valence electrons. The van der Waals surface area contributed by atoms with Crippen LogP contribution in [-0.4, -0.2) is 47.4 Å². The minimum Gasteiger partial charge on any atom is -0.466 e. The first-order valence-corrected chi connectivity index (χ1v) is 37.4. The van der Waals surface area contributed by atoms with E-state index in [1.165, 1.54) is 353 Å². The van der Waals surface area contributed by atoms with Gasteiger partial charge in [-0.2, -0.15) is 0 Å². The van der Waals surface area contributed by atoms with Gasteiger partial charge in [0, 0.05) is 12.8 Å². The summed E-state index contributed by atoms with van der Waals surface area (Å²) in [4.78, 5) is 24.7. The Morgan fingerprint density at radius 2 is 0.580 bits per heavy atom. The van der Waals surface area contributed by atoms with Crippen molar-refractivity contribution in [1.82, 2.24) is 5.32 Å². The number of rotatable bonds is 71. The highest BCUT2D eigenvalue weighted by atomic mass is 16.5. The number of aliphatic hydroxyl groups is 2. The zero-order valence-corrected chi connectivity index (χ0v) is 55.3. The molecule has 0 radical (unpaired) electrons. The van der Waals surface area contributed by atoms with Gasteiger partial charge in [0.1, 0.15) is 0 Å². The van der Waals surface area contributed by atoms with Crippen molar-refractivity contribution in [1.29, 1.82) is 0 Å². The lowest BCUT2D eigenvalue weighted by Crippen LogP contribution is -2.45. The van der Waals surface area contributed by atoms with E-state index in [0.29, 0.717) is 25.9 Å². The van der Waals surface area contributed by atoms with Crippen LogP contribution in [-0.2, 0) is 14.3 Å². The van der Waals surface area contributed by atoms with Gasteiger partial charge >= 0.3 is 5.97 Å². The molecule has 0 aliphatic rings. The molecule has 0 heterocycles. The Morgan fingerprint density at radius 1 is 0.333 bits per heavy atom. The molecule has 0 saturated heterocycles. The molecule has 0 saturated carbocycles. The summed E-state index contributed by atoms with van der Waals surface area (Å²) in [5, 5.41) is 23.5. The van der Waals surface area contributed by atoms with Crippen LogP contribution in [0.25, 0.3) is 0 Å². The molecule has 1 amide bonds. The van der Waals surface area contributed by atoms with Crippen LogP contribution >= 0.6 is 0 Å². The summed E-state index contributed by atoms with van der Waals surface area (Å²) in [6.45, 7) is 5.00. The van der Waals surface area contributed by atoms with Crippen molar-refractivity contribution in [2.45, 2.75) is 443 Å². The third-order valence-corrected chi connectivity index (χ3v) is 17.8. The second-order valence-electron chi connectivity index (χ2n) is 26.0. The maximum Gasteiger partial charge on any atom is 0.305 e. The highest BCUT2D eigenvalue weighted by Gasteiger charge is 2.20. The predicted molar refractivity (Wildman–Crippen MR) is 357 cm³/mol. The Labute approximate surface area is 508 Å². The number of carbonyl (C=O) groups excluding carboxylic acids is 2. The van der Waals surface area contributed by atoms with E-state index in [9.17, 15) is 19.8 Å². The monoisotopic (exact) mass is 1140 g/mol. The number of nitrogens with one attached hydrogen (secondary N) is 1. The Morgan fingerprint density at radius 3 is 0.877 bits per heavy atom. The number of hydrogen-bond acceptors (Lipinski definition) is 5. The summed E-state index contributed by atoms with van der Waals surface area (Å²) in [5.41, 5.74) is 0. The summed E-state index contributed by atoms with van der Waals surface area (Å²) >= 11 is 0. The Bertz CT molecular complexity index is 1220. The molecule has 0 aliphatic heterocycles. The molecule has 0 aromatic carbocycles. The lowest BCUT2D eigenvalue weighted by molar-refractivity contribution is -0.143. The molecule has 2 unspecified atom stereocenters. The molecule has 2 atom stereocenters. The normalized spacial score (nSPS) is 12.5. The average Bonchev–Trinajstić information content (AvgIpc) is 3.47. The summed E-state index contributed by atoms with van der Waals surface area (Å²) in [6, 6.07) is -0.543. The number of carbonyl (C=O) groups is 2. The first kappa shape index (κ1) is 79.6. The van der Waals surface area contributed by atoms with E-state index < -0.39 is 12.1 Å². The molecule has 0 aromatic rings. The van der Waals surface area contributed by atoms with E-state index in [1.54, 1.807) is 0 Å². The zero-order valence-electron chi connectivity index (χ0n) is 55.3. The number of amides is 1. The van der Waals surface area contributed by atoms with Gasteiger partial charge in [0.2, 0.25) is 5.91 Å². The number of hydrogen-bond donors (Lipinski definition) is 3.